The Morgan fingerprint density at radius 1 is 1.41 bits per heavy atom. The summed E-state index contributed by atoms with van der Waals surface area (Å²) >= 11 is 0. The second-order valence-electron chi connectivity index (χ2n) is 5.45. The Kier molecular flexibility index (Phi) is 1.65. The van der Waals surface area contributed by atoms with Crippen LogP contribution < -0.4 is 5.32 Å². The summed E-state index contributed by atoms with van der Waals surface area (Å²) in [5.41, 5.74) is 3.17. The molecule has 0 saturated heterocycles. The molecule has 17 heavy (non-hydrogen) atoms. The summed E-state index contributed by atoms with van der Waals surface area (Å²) in [7, 11) is 1.94. The lowest BCUT2D eigenvalue weighted by Gasteiger charge is -2.33. The van der Waals surface area contributed by atoms with Gasteiger partial charge in [0.25, 0.3) is 5.91 Å². The van der Waals surface area contributed by atoms with Crippen molar-refractivity contribution in [3.05, 3.63) is 17.0 Å². The van der Waals surface area contributed by atoms with Gasteiger partial charge in [-0.15, -0.1) is 0 Å². The number of hydrogen-bond acceptors (Lipinski definition) is 3. The fourth-order valence-electron chi connectivity index (χ4n) is 3.11. The van der Waals surface area contributed by atoms with Crippen molar-refractivity contribution in [1.29, 1.82) is 0 Å². The molecule has 2 aliphatic heterocycles. The maximum absolute atomic E-state index is 12.4. The first kappa shape index (κ1) is 9.65. The van der Waals surface area contributed by atoms with Crippen LogP contribution in [0, 0.1) is 0 Å². The van der Waals surface area contributed by atoms with Gasteiger partial charge in [-0.2, -0.15) is 5.10 Å². The van der Waals surface area contributed by atoms with Gasteiger partial charge >= 0.3 is 0 Å². The van der Waals surface area contributed by atoms with E-state index in [4.69, 9.17) is 0 Å². The molecule has 1 fully saturated rings. The molecule has 0 atom stereocenters. The normalized spacial score (nSPS) is 24.8. The van der Waals surface area contributed by atoms with E-state index in [9.17, 15) is 4.79 Å². The smallest absolute Gasteiger partial charge is 0.272 e. The molecule has 1 aromatic rings. The van der Waals surface area contributed by atoms with E-state index in [0.29, 0.717) is 0 Å². The van der Waals surface area contributed by atoms with Crippen molar-refractivity contribution in [2.75, 3.05) is 13.6 Å². The molecule has 1 saturated carbocycles. The van der Waals surface area contributed by atoms with Crippen molar-refractivity contribution >= 4 is 5.91 Å². The molecule has 0 unspecified atom stereocenters. The Morgan fingerprint density at radius 2 is 2.24 bits per heavy atom. The van der Waals surface area contributed by atoms with Crippen LogP contribution in [0.1, 0.15) is 34.6 Å². The topological polar surface area (TPSA) is 50.2 Å². The largest absolute Gasteiger partial charge is 0.333 e. The first-order chi connectivity index (χ1) is 8.21. The van der Waals surface area contributed by atoms with Crippen molar-refractivity contribution in [3.63, 3.8) is 0 Å². The fraction of sp³-hybridized carbons (Fsp3) is 0.667. The molecule has 1 spiro atoms. The first-order valence-corrected chi connectivity index (χ1v) is 6.29. The highest BCUT2D eigenvalue weighted by atomic mass is 16.2. The van der Waals surface area contributed by atoms with Gasteiger partial charge < -0.3 is 10.2 Å². The Bertz CT molecular complexity index is 515. The van der Waals surface area contributed by atoms with Crippen LogP contribution in [0.3, 0.4) is 0 Å². The predicted molar refractivity (Wildman–Crippen MR) is 61.7 cm³/mol. The van der Waals surface area contributed by atoms with E-state index in [1.54, 1.807) is 0 Å². The zero-order valence-electron chi connectivity index (χ0n) is 9.99. The van der Waals surface area contributed by atoms with Gasteiger partial charge in [-0.1, -0.05) is 0 Å². The number of carbonyl (C=O) groups excluding carboxylic acids is 1. The van der Waals surface area contributed by atoms with E-state index in [2.05, 4.69) is 10.4 Å². The molecule has 1 amide bonds. The van der Waals surface area contributed by atoms with Gasteiger partial charge in [0.1, 0.15) is 5.69 Å². The molecule has 5 heteroatoms. The van der Waals surface area contributed by atoms with E-state index < -0.39 is 0 Å². The molecule has 1 N–H and O–H groups in total. The quantitative estimate of drug-likeness (QED) is 0.692. The lowest BCUT2D eigenvalue weighted by atomic mass is 10.0. The van der Waals surface area contributed by atoms with E-state index in [-0.39, 0.29) is 11.4 Å². The number of likely N-dealkylation sites (N-methyl/N-ethyl adjacent to an activating group) is 1. The standard InChI is InChI=1S/C12H16N4O/c1-15-11(17)10-8-6-13-5-2-9(8)14-16(10)7-12(15)3-4-12/h13H,2-7H2,1H3. The third-order valence-corrected chi connectivity index (χ3v) is 4.46. The molecule has 0 bridgehead atoms. The predicted octanol–water partition coefficient (Wildman–Crippen LogP) is 0.147. The maximum atomic E-state index is 12.4. The number of carbonyl (C=O) groups is 1. The molecular formula is C12H16N4O. The Labute approximate surface area is 99.8 Å². The van der Waals surface area contributed by atoms with Crippen LogP contribution in [0.5, 0.6) is 0 Å². The number of rotatable bonds is 0. The number of nitrogens with one attached hydrogen (secondary N) is 1. The highest BCUT2D eigenvalue weighted by molar-refractivity contribution is 5.95. The maximum Gasteiger partial charge on any atom is 0.272 e. The lowest BCUT2D eigenvalue weighted by Crippen LogP contribution is -2.48. The van der Waals surface area contributed by atoms with Crippen molar-refractivity contribution in [2.45, 2.75) is 37.9 Å². The zero-order valence-corrected chi connectivity index (χ0v) is 9.99. The van der Waals surface area contributed by atoms with Crippen LogP contribution in [0.25, 0.3) is 0 Å². The third kappa shape index (κ3) is 1.12. The molecule has 1 aromatic heterocycles. The van der Waals surface area contributed by atoms with E-state index in [0.717, 1.165) is 55.8 Å². The molecule has 0 radical (unpaired) electrons. The minimum Gasteiger partial charge on any atom is -0.333 e. The Balaban J connectivity index is 1.88. The second-order valence-corrected chi connectivity index (χ2v) is 5.45. The number of aromatic nitrogens is 2. The van der Waals surface area contributed by atoms with Crippen LogP contribution >= 0.6 is 0 Å². The lowest BCUT2D eigenvalue weighted by molar-refractivity contribution is 0.0610. The summed E-state index contributed by atoms with van der Waals surface area (Å²) in [5, 5.41) is 7.97. The van der Waals surface area contributed by atoms with Gasteiger partial charge in [0.05, 0.1) is 17.8 Å². The summed E-state index contributed by atoms with van der Waals surface area (Å²) in [6, 6.07) is 0. The van der Waals surface area contributed by atoms with Crippen molar-refractivity contribution < 1.29 is 4.79 Å². The molecule has 3 heterocycles. The fourth-order valence-corrected chi connectivity index (χ4v) is 3.11. The summed E-state index contributed by atoms with van der Waals surface area (Å²) < 4.78 is 1.97. The van der Waals surface area contributed by atoms with Crippen molar-refractivity contribution in [1.82, 2.24) is 20.0 Å². The van der Waals surface area contributed by atoms with Crippen LogP contribution in [-0.4, -0.2) is 39.7 Å². The number of nitrogens with zero attached hydrogens (tertiary/aromatic N) is 3. The number of amides is 1. The summed E-state index contributed by atoms with van der Waals surface area (Å²) in [5.74, 6) is 0.159. The van der Waals surface area contributed by atoms with Gasteiger partial charge in [0, 0.05) is 32.1 Å². The van der Waals surface area contributed by atoms with E-state index >= 15 is 0 Å². The van der Waals surface area contributed by atoms with Gasteiger partial charge in [-0.3, -0.25) is 9.48 Å². The molecule has 0 aromatic carbocycles. The molecule has 90 valence electrons. The second kappa shape index (κ2) is 2.90. The average molecular weight is 232 g/mol. The van der Waals surface area contributed by atoms with Crippen LogP contribution in [0.15, 0.2) is 0 Å². The van der Waals surface area contributed by atoms with Crippen LogP contribution in [0.4, 0.5) is 0 Å². The van der Waals surface area contributed by atoms with Crippen LogP contribution in [-0.2, 0) is 19.5 Å². The third-order valence-electron chi connectivity index (χ3n) is 4.46. The number of fused-ring (bicyclic) bond motifs is 3. The molecule has 4 rings (SSSR count). The molecule has 5 nitrogen and oxygen atoms in total. The highest BCUT2D eigenvalue weighted by Crippen LogP contribution is 2.46. The Hall–Kier alpha value is -1.36. The SMILES string of the molecule is CN1C(=O)c2c3c(nn2CC12CC2)CCNC3. The average Bonchev–Trinajstić information content (AvgIpc) is 3.00. The van der Waals surface area contributed by atoms with Crippen molar-refractivity contribution in [2.24, 2.45) is 0 Å². The molecule has 1 aliphatic carbocycles. The molecular weight excluding hydrogens is 216 g/mol. The number of hydrogen-bond donors (Lipinski definition) is 1. The van der Waals surface area contributed by atoms with E-state index in [1.165, 1.54) is 0 Å². The van der Waals surface area contributed by atoms with E-state index in [1.807, 2.05) is 16.6 Å². The first-order valence-electron chi connectivity index (χ1n) is 6.29. The Morgan fingerprint density at radius 3 is 3.00 bits per heavy atom. The van der Waals surface area contributed by atoms with Crippen molar-refractivity contribution in [3.8, 4) is 0 Å². The molecule has 3 aliphatic rings. The van der Waals surface area contributed by atoms with Gasteiger partial charge in [-0.25, -0.2) is 0 Å². The zero-order chi connectivity index (χ0) is 11.6. The highest BCUT2D eigenvalue weighted by Gasteiger charge is 2.53. The van der Waals surface area contributed by atoms with Gasteiger partial charge in [0.2, 0.25) is 0 Å². The summed E-state index contributed by atoms with van der Waals surface area (Å²) in [6.45, 7) is 2.65. The summed E-state index contributed by atoms with van der Waals surface area (Å²) in [4.78, 5) is 14.4. The van der Waals surface area contributed by atoms with Gasteiger partial charge in [0.15, 0.2) is 0 Å². The van der Waals surface area contributed by atoms with Crippen LogP contribution in [0.2, 0.25) is 0 Å². The van der Waals surface area contributed by atoms with Gasteiger partial charge in [-0.05, 0) is 12.8 Å². The summed E-state index contributed by atoms with van der Waals surface area (Å²) in [6.07, 6.45) is 3.19. The monoisotopic (exact) mass is 232 g/mol. The minimum absolute atomic E-state index is 0.0894. The minimum atomic E-state index is 0.0894.